The number of carbonyl (C=O) groups excluding carboxylic acids is 1. The van der Waals surface area contributed by atoms with Crippen molar-refractivity contribution >= 4 is 28.3 Å². The molecule has 0 radical (unpaired) electrons. The minimum atomic E-state index is -0.580. The molecule has 6 heteroatoms. The second kappa shape index (κ2) is 9.58. The predicted molar refractivity (Wildman–Crippen MR) is 126 cm³/mol. The van der Waals surface area contributed by atoms with Crippen molar-refractivity contribution in [1.29, 1.82) is 5.26 Å². The number of fused-ring (bicyclic) bond motifs is 1. The first-order valence-corrected chi connectivity index (χ1v) is 10.2. The van der Waals surface area contributed by atoms with Crippen LogP contribution in [0.2, 0.25) is 0 Å². The lowest BCUT2D eigenvalue weighted by molar-refractivity contribution is -0.384. The molecule has 4 rings (SSSR count). The van der Waals surface area contributed by atoms with Gasteiger partial charge in [0.25, 0.3) is 5.69 Å². The highest BCUT2D eigenvalue weighted by molar-refractivity contribution is 6.14. The highest BCUT2D eigenvalue weighted by Crippen LogP contribution is 2.22. The van der Waals surface area contributed by atoms with Gasteiger partial charge < -0.3 is 4.74 Å². The number of nitrogens with zero attached hydrogens (tertiary/aromatic N) is 2. The summed E-state index contributed by atoms with van der Waals surface area (Å²) in [5.41, 5.74) is 1.49. The molecule has 0 aliphatic rings. The summed E-state index contributed by atoms with van der Waals surface area (Å²) in [6.07, 6.45) is 1.45. The second-order valence-electron chi connectivity index (χ2n) is 7.30. The predicted octanol–water partition coefficient (Wildman–Crippen LogP) is 6.12. The Morgan fingerprint density at radius 3 is 2.45 bits per heavy atom. The standard InChI is InChI=1S/C27H18N2O4/c28-17-23(27(30)21-7-4-9-24(16-21)29(31)32)15-19-11-13-25(14-12-19)33-18-22-8-3-6-20-5-1-2-10-26(20)22/h1-16H,18H2/b23-15+. The number of allylic oxidation sites excluding steroid dienone is 1. The molecule has 160 valence electrons. The van der Waals surface area contributed by atoms with E-state index in [0.29, 0.717) is 17.9 Å². The van der Waals surface area contributed by atoms with Crippen LogP contribution in [0, 0.1) is 21.4 Å². The second-order valence-corrected chi connectivity index (χ2v) is 7.30. The largest absolute Gasteiger partial charge is 0.489 e. The fraction of sp³-hybridized carbons (Fsp3) is 0.0370. The van der Waals surface area contributed by atoms with Gasteiger partial charge in [0.1, 0.15) is 24.0 Å². The number of rotatable bonds is 7. The molecule has 0 heterocycles. The highest BCUT2D eigenvalue weighted by Gasteiger charge is 2.15. The molecule has 0 aromatic heterocycles. The van der Waals surface area contributed by atoms with Crippen LogP contribution in [-0.2, 0) is 6.61 Å². The van der Waals surface area contributed by atoms with Crippen LogP contribution < -0.4 is 4.74 Å². The maximum absolute atomic E-state index is 12.7. The van der Waals surface area contributed by atoms with Crippen molar-refractivity contribution in [3.63, 3.8) is 0 Å². The number of nitriles is 1. The molecule has 0 aliphatic heterocycles. The third kappa shape index (κ3) is 4.94. The number of hydrogen-bond acceptors (Lipinski definition) is 5. The topological polar surface area (TPSA) is 93.2 Å². The van der Waals surface area contributed by atoms with Crippen LogP contribution in [0.1, 0.15) is 21.5 Å². The summed E-state index contributed by atoms with van der Waals surface area (Å²) in [6.45, 7) is 0.408. The Kier molecular flexibility index (Phi) is 6.24. The minimum Gasteiger partial charge on any atom is -0.489 e. The molecule has 0 fully saturated rings. The van der Waals surface area contributed by atoms with Crippen molar-refractivity contribution in [2.75, 3.05) is 0 Å². The van der Waals surface area contributed by atoms with Gasteiger partial charge in [-0.05, 0) is 40.1 Å². The van der Waals surface area contributed by atoms with Gasteiger partial charge in [0.05, 0.1) is 4.92 Å². The van der Waals surface area contributed by atoms with Gasteiger partial charge in [-0.15, -0.1) is 0 Å². The molecule has 0 spiro atoms. The van der Waals surface area contributed by atoms with Gasteiger partial charge in [0, 0.05) is 17.7 Å². The molecule has 0 atom stereocenters. The van der Waals surface area contributed by atoms with Crippen molar-refractivity contribution < 1.29 is 14.5 Å². The molecule has 33 heavy (non-hydrogen) atoms. The summed E-state index contributed by atoms with van der Waals surface area (Å²) in [4.78, 5) is 23.0. The zero-order valence-electron chi connectivity index (χ0n) is 17.5. The number of nitro benzene ring substituents is 1. The van der Waals surface area contributed by atoms with E-state index in [0.717, 1.165) is 22.4 Å². The summed E-state index contributed by atoms with van der Waals surface area (Å²) in [5.74, 6) is 0.0843. The van der Waals surface area contributed by atoms with Gasteiger partial charge in [-0.3, -0.25) is 14.9 Å². The Bertz CT molecular complexity index is 1410. The Morgan fingerprint density at radius 1 is 0.970 bits per heavy atom. The summed E-state index contributed by atoms with van der Waals surface area (Å²) in [6, 6.07) is 28.4. The molecule has 0 saturated carbocycles. The number of benzene rings is 4. The first kappa shape index (κ1) is 21.5. The van der Waals surface area contributed by atoms with Gasteiger partial charge in [-0.1, -0.05) is 66.7 Å². The van der Waals surface area contributed by atoms with Crippen molar-refractivity contribution in [1.82, 2.24) is 0 Å². The molecular weight excluding hydrogens is 416 g/mol. The van der Waals surface area contributed by atoms with E-state index in [9.17, 15) is 20.2 Å². The molecule has 6 nitrogen and oxygen atoms in total. The monoisotopic (exact) mass is 434 g/mol. The quantitative estimate of drug-likeness (QED) is 0.115. The fourth-order valence-corrected chi connectivity index (χ4v) is 3.47. The molecule has 4 aromatic carbocycles. The summed E-state index contributed by atoms with van der Waals surface area (Å²) < 4.78 is 5.92. The molecular formula is C27H18N2O4. The fourth-order valence-electron chi connectivity index (χ4n) is 3.47. The average Bonchev–Trinajstić information content (AvgIpc) is 2.86. The molecule has 0 unspecified atom stereocenters. The van der Waals surface area contributed by atoms with Crippen LogP contribution in [0.3, 0.4) is 0 Å². The summed E-state index contributed by atoms with van der Waals surface area (Å²) >= 11 is 0. The van der Waals surface area contributed by atoms with Crippen LogP contribution in [0.5, 0.6) is 5.75 Å². The van der Waals surface area contributed by atoms with E-state index in [2.05, 4.69) is 18.2 Å². The van der Waals surface area contributed by atoms with E-state index in [-0.39, 0.29) is 16.8 Å². The van der Waals surface area contributed by atoms with Crippen LogP contribution in [0.25, 0.3) is 16.8 Å². The maximum atomic E-state index is 12.7. The average molecular weight is 434 g/mol. The number of nitro groups is 1. The van der Waals surface area contributed by atoms with Crippen molar-refractivity contribution in [2.45, 2.75) is 6.61 Å². The number of non-ortho nitro benzene ring substituents is 1. The van der Waals surface area contributed by atoms with Crippen molar-refractivity contribution in [3.8, 4) is 11.8 Å². The SMILES string of the molecule is N#C/C(=C\c1ccc(OCc2cccc3ccccc23)cc1)C(=O)c1cccc([N+](=O)[O-])c1. The molecule has 4 aromatic rings. The number of ketones is 1. The van der Waals surface area contributed by atoms with Crippen LogP contribution in [0.4, 0.5) is 5.69 Å². The molecule has 0 bridgehead atoms. The van der Waals surface area contributed by atoms with Crippen molar-refractivity contribution in [2.24, 2.45) is 0 Å². The lowest BCUT2D eigenvalue weighted by Gasteiger charge is -2.09. The number of ether oxygens (including phenoxy) is 1. The van der Waals surface area contributed by atoms with Gasteiger partial charge >= 0.3 is 0 Å². The zero-order valence-corrected chi connectivity index (χ0v) is 17.5. The molecule has 0 aliphatic carbocycles. The Labute approximate surface area is 190 Å². The van der Waals surface area contributed by atoms with E-state index < -0.39 is 10.7 Å². The van der Waals surface area contributed by atoms with Crippen molar-refractivity contribution in [3.05, 3.63) is 123 Å². The third-order valence-electron chi connectivity index (χ3n) is 5.15. The Balaban J connectivity index is 1.49. The Morgan fingerprint density at radius 2 is 1.70 bits per heavy atom. The first-order chi connectivity index (χ1) is 16.0. The zero-order chi connectivity index (χ0) is 23.2. The highest BCUT2D eigenvalue weighted by atomic mass is 16.6. The normalized spacial score (nSPS) is 11.1. The third-order valence-corrected chi connectivity index (χ3v) is 5.15. The number of Topliss-reactive ketones (excluding diaryl/α,β-unsaturated/α-hetero) is 1. The lowest BCUT2D eigenvalue weighted by atomic mass is 10.0. The minimum absolute atomic E-state index is 0.0899. The number of carbonyl (C=O) groups is 1. The molecule has 0 saturated heterocycles. The van der Waals surface area contributed by atoms with E-state index in [1.54, 1.807) is 24.3 Å². The van der Waals surface area contributed by atoms with E-state index >= 15 is 0 Å². The van der Waals surface area contributed by atoms with Crippen LogP contribution in [-0.4, -0.2) is 10.7 Å². The van der Waals surface area contributed by atoms with Gasteiger partial charge in [-0.25, -0.2) is 0 Å². The van der Waals surface area contributed by atoms with E-state index in [1.807, 2.05) is 30.3 Å². The van der Waals surface area contributed by atoms with E-state index in [1.165, 1.54) is 24.3 Å². The van der Waals surface area contributed by atoms with Crippen LogP contribution in [0.15, 0.2) is 96.6 Å². The summed E-state index contributed by atoms with van der Waals surface area (Å²) in [7, 11) is 0. The van der Waals surface area contributed by atoms with E-state index in [4.69, 9.17) is 4.74 Å². The summed E-state index contributed by atoms with van der Waals surface area (Å²) in [5, 5.41) is 22.7. The lowest BCUT2D eigenvalue weighted by Crippen LogP contribution is -2.02. The van der Waals surface area contributed by atoms with Crippen LogP contribution >= 0.6 is 0 Å². The van der Waals surface area contributed by atoms with Gasteiger partial charge in [-0.2, -0.15) is 5.26 Å². The number of hydrogen-bond donors (Lipinski definition) is 0. The van der Waals surface area contributed by atoms with Gasteiger partial charge in [0.2, 0.25) is 5.78 Å². The van der Waals surface area contributed by atoms with Gasteiger partial charge in [0.15, 0.2) is 0 Å². The molecule has 0 N–H and O–H groups in total. The Hall–Kier alpha value is -4.76. The maximum Gasteiger partial charge on any atom is 0.270 e. The molecule has 0 amide bonds. The smallest absolute Gasteiger partial charge is 0.270 e. The first-order valence-electron chi connectivity index (χ1n) is 10.2.